The van der Waals surface area contributed by atoms with Crippen LogP contribution in [0.4, 0.5) is 0 Å². The van der Waals surface area contributed by atoms with Crippen LogP contribution in [0.25, 0.3) is 0 Å². The summed E-state index contributed by atoms with van der Waals surface area (Å²) >= 11 is 0. The monoisotopic (exact) mass is 266 g/mol. The Balaban J connectivity index is 5.07. The van der Waals surface area contributed by atoms with Crippen molar-refractivity contribution in [1.82, 2.24) is 9.03 Å². The van der Waals surface area contributed by atoms with Crippen LogP contribution in [-0.2, 0) is 10.2 Å². The molecule has 0 aromatic heterocycles. The van der Waals surface area contributed by atoms with Crippen LogP contribution in [0.15, 0.2) is 5.16 Å². The van der Waals surface area contributed by atoms with Crippen LogP contribution in [0.3, 0.4) is 0 Å². The number of oxime groups is 1. The summed E-state index contributed by atoms with van der Waals surface area (Å²) in [5.41, 5.74) is 4.75. The van der Waals surface area contributed by atoms with Gasteiger partial charge in [-0.3, -0.25) is 0 Å². The number of hydrogen-bond acceptors (Lipinski definition) is 4. The highest BCUT2D eigenvalue weighted by molar-refractivity contribution is 7.87. The second kappa shape index (κ2) is 5.65. The minimum absolute atomic E-state index is 0.153. The van der Waals surface area contributed by atoms with E-state index in [-0.39, 0.29) is 18.4 Å². The zero-order valence-corrected chi connectivity index (χ0v) is 11.7. The molecule has 0 aliphatic carbocycles. The minimum Gasteiger partial charge on any atom is -0.409 e. The molecule has 0 unspecified atom stereocenters. The minimum atomic E-state index is -3.67. The van der Waals surface area contributed by atoms with Crippen LogP contribution in [-0.4, -0.2) is 41.9 Å². The fourth-order valence-corrected chi connectivity index (χ4v) is 2.93. The first-order chi connectivity index (χ1) is 7.49. The van der Waals surface area contributed by atoms with Gasteiger partial charge < -0.3 is 10.9 Å². The Labute approximate surface area is 103 Å². The number of nitrogens with one attached hydrogen (secondary N) is 1. The lowest BCUT2D eigenvalue weighted by molar-refractivity contribution is 0.311. The predicted molar refractivity (Wildman–Crippen MR) is 67.1 cm³/mol. The molecule has 17 heavy (non-hydrogen) atoms. The maximum atomic E-state index is 12.1. The molecule has 0 saturated carbocycles. The van der Waals surface area contributed by atoms with E-state index < -0.39 is 15.7 Å². The van der Waals surface area contributed by atoms with Gasteiger partial charge in [0, 0.05) is 11.6 Å². The van der Waals surface area contributed by atoms with Gasteiger partial charge in [-0.15, -0.1) is 0 Å². The normalized spacial score (nSPS) is 14.6. The topological polar surface area (TPSA) is 108 Å². The molecule has 0 aliphatic heterocycles. The summed E-state index contributed by atoms with van der Waals surface area (Å²) in [6, 6.07) is -0.296. The molecule has 0 rings (SSSR count). The van der Waals surface area contributed by atoms with E-state index in [1.807, 2.05) is 0 Å². The van der Waals surface area contributed by atoms with E-state index in [4.69, 9.17) is 10.9 Å². The third-order valence-electron chi connectivity index (χ3n) is 1.77. The van der Waals surface area contributed by atoms with Gasteiger partial charge in [0.05, 0.1) is 6.54 Å². The number of hydrogen-bond donors (Lipinski definition) is 3. The molecule has 0 fully saturated rings. The molecule has 0 heterocycles. The van der Waals surface area contributed by atoms with Crippen LogP contribution in [0.5, 0.6) is 0 Å². The third-order valence-corrected chi connectivity index (χ3v) is 3.80. The Morgan fingerprint density at radius 1 is 1.47 bits per heavy atom. The van der Waals surface area contributed by atoms with Crippen LogP contribution in [0, 0.1) is 0 Å². The van der Waals surface area contributed by atoms with E-state index in [2.05, 4.69) is 9.88 Å². The van der Waals surface area contributed by atoms with Crippen molar-refractivity contribution in [2.45, 2.75) is 46.2 Å². The molecule has 0 amide bonds. The predicted octanol–water partition coefficient (Wildman–Crippen LogP) is 0.0761. The average Bonchev–Trinajstić information content (AvgIpc) is 2.08. The van der Waals surface area contributed by atoms with Gasteiger partial charge in [-0.2, -0.15) is 17.4 Å². The summed E-state index contributed by atoms with van der Waals surface area (Å²) in [7, 11) is -3.67. The summed E-state index contributed by atoms with van der Waals surface area (Å²) in [6.45, 7) is 8.50. The Kier molecular flexibility index (Phi) is 5.37. The Bertz CT molecular complexity index is 370. The second-order valence-electron chi connectivity index (χ2n) is 5.09. The molecular weight excluding hydrogens is 244 g/mol. The van der Waals surface area contributed by atoms with Crippen molar-refractivity contribution in [1.29, 1.82) is 0 Å². The Hall–Kier alpha value is -0.860. The van der Waals surface area contributed by atoms with Gasteiger partial charge in [0.2, 0.25) is 0 Å². The zero-order valence-electron chi connectivity index (χ0n) is 10.9. The number of amidine groups is 1. The van der Waals surface area contributed by atoms with Crippen molar-refractivity contribution in [2.24, 2.45) is 10.9 Å². The molecule has 0 spiro atoms. The molecule has 4 N–H and O–H groups in total. The van der Waals surface area contributed by atoms with Crippen LogP contribution < -0.4 is 10.5 Å². The highest BCUT2D eigenvalue weighted by Gasteiger charge is 2.29. The quantitative estimate of drug-likeness (QED) is 0.283. The fraction of sp³-hybridized carbons (Fsp3) is 0.889. The average molecular weight is 266 g/mol. The zero-order chi connectivity index (χ0) is 13.9. The fourth-order valence-electron chi connectivity index (χ4n) is 1.18. The molecule has 0 aromatic carbocycles. The first kappa shape index (κ1) is 16.1. The van der Waals surface area contributed by atoms with Crippen molar-refractivity contribution in [2.75, 3.05) is 6.54 Å². The highest BCUT2D eigenvalue weighted by Crippen LogP contribution is 2.09. The SMILES string of the molecule is CC(C)N(CC(N)=NO)S(=O)(=O)NC(C)(C)C. The van der Waals surface area contributed by atoms with Crippen molar-refractivity contribution >= 4 is 16.0 Å². The first-order valence-corrected chi connectivity index (χ1v) is 6.71. The molecule has 0 aliphatic rings. The van der Waals surface area contributed by atoms with Gasteiger partial charge in [0.15, 0.2) is 5.84 Å². The molecule has 8 heteroatoms. The van der Waals surface area contributed by atoms with E-state index in [1.54, 1.807) is 34.6 Å². The summed E-state index contributed by atoms with van der Waals surface area (Å²) in [5.74, 6) is -0.155. The molecule has 0 bridgehead atoms. The van der Waals surface area contributed by atoms with Crippen molar-refractivity contribution in [3.05, 3.63) is 0 Å². The summed E-state index contributed by atoms with van der Waals surface area (Å²) < 4.78 is 27.8. The van der Waals surface area contributed by atoms with E-state index in [9.17, 15) is 8.42 Å². The largest absolute Gasteiger partial charge is 0.409 e. The van der Waals surface area contributed by atoms with Crippen molar-refractivity contribution in [3.8, 4) is 0 Å². The number of nitrogens with zero attached hydrogens (tertiary/aromatic N) is 2. The lowest BCUT2D eigenvalue weighted by Gasteiger charge is -2.29. The number of nitrogens with two attached hydrogens (primary N) is 1. The summed E-state index contributed by atoms with van der Waals surface area (Å²) in [6.07, 6.45) is 0. The van der Waals surface area contributed by atoms with Gasteiger partial charge in [-0.25, -0.2) is 0 Å². The molecule has 0 radical (unpaired) electrons. The van der Waals surface area contributed by atoms with Gasteiger partial charge >= 0.3 is 0 Å². The highest BCUT2D eigenvalue weighted by atomic mass is 32.2. The lowest BCUT2D eigenvalue weighted by atomic mass is 10.1. The molecular formula is C9H22N4O3S. The summed E-state index contributed by atoms with van der Waals surface area (Å²) in [5, 5.41) is 11.3. The first-order valence-electron chi connectivity index (χ1n) is 5.26. The molecule has 0 saturated heterocycles. The van der Waals surface area contributed by atoms with Crippen molar-refractivity contribution < 1.29 is 13.6 Å². The van der Waals surface area contributed by atoms with Gasteiger partial charge in [-0.1, -0.05) is 5.16 Å². The maximum Gasteiger partial charge on any atom is 0.280 e. The molecule has 102 valence electrons. The van der Waals surface area contributed by atoms with E-state index >= 15 is 0 Å². The maximum absolute atomic E-state index is 12.1. The van der Waals surface area contributed by atoms with Crippen molar-refractivity contribution in [3.63, 3.8) is 0 Å². The standard InChI is InChI=1S/C9H22N4O3S/c1-7(2)13(6-8(10)11-14)17(15,16)12-9(3,4)5/h7,12,14H,6H2,1-5H3,(H2,10,11). The lowest BCUT2D eigenvalue weighted by Crippen LogP contribution is -2.53. The van der Waals surface area contributed by atoms with Gasteiger partial charge in [0.25, 0.3) is 10.2 Å². The van der Waals surface area contributed by atoms with Crippen LogP contribution >= 0.6 is 0 Å². The smallest absolute Gasteiger partial charge is 0.280 e. The van der Waals surface area contributed by atoms with Crippen LogP contribution in [0.2, 0.25) is 0 Å². The second-order valence-corrected chi connectivity index (χ2v) is 6.71. The molecule has 0 atom stereocenters. The van der Waals surface area contributed by atoms with E-state index in [0.29, 0.717) is 0 Å². The Morgan fingerprint density at radius 3 is 2.24 bits per heavy atom. The molecule has 7 nitrogen and oxygen atoms in total. The molecule has 0 aromatic rings. The summed E-state index contributed by atoms with van der Waals surface area (Å²) in [4.78, 5) is 0. The van der Waals surface area contributed by atoms with E-state index in [0.717, 1.165) is 4.31 Å². The van der Waals surface area contributed by atoms with Gasteiger partial charge in [0.1, 0.15) is 0 Å². The Morgan fingerprint density at radius 2 is 1.94 bits per heavy atom. The van der Waals surface area contributed by atoms with Gasteiger partial charge in [-0.05, 0) is 34.6 Å². The van der Waals surface area contributed by atoms with Crippen LogP contribution in [0.1, 0.15) is 34.6 Å². The van der Waals surface area contributed by atoms with E-state index in [1.165, 1.54) is 0 Å². The third kappa shape index (κ3) is 5.85. The number of rotatable bonds is 5.